The van der Waals surface area contributed by atoms with Gasteiger partial charge >= 0.3 is 0 Å². The van der Waals surface area contributed by atoms with Crippen LogP contribution in [-0.2, 0) is 11.3 Å². The minimum absolute atomic E-state index is 0.0262. The Morgan fingerprint density at radius 3 is 2.60 bits per heavy atom. The molecule has 0 unspecified atom stereocenters. The van der Waals surface area contributed by atoms with Crippen molar-refractivity contribution in [3.8, 4) is 0 Å². The topological polar surface area (TPSA) is 64.0 Å². The lowest BCUT2D eigenvalue weighted by Gasteiger charge is -2.23. The molecule has 0 radical (unpaired) electrons. The summed E-state index contributed by atoms with van der Waals surface area (Å²) < 4.78 is 1.06. The fourth-order valence-corrected chi connectivity index (χ4v) is 3.77. The monoisotopic (exact) mass is 362 g/mol. The number of hydrogen-bond acceptors (Lipinski definition) is 5. The Kier molecular flexibility index (Phi) is 5.57. The van der Waals surface area contributed by atoms with Gasteiger partial charge in [0, 0.05) is 24.5 Å². The van der Waals surface area contributed by atoms with E-state index in [1.807, 2.05) is 19.1 Å². The van der Waals surface area contributed by atoms with Crippen LogP contribution in [0.1, 0.15) is 11.8 Å². The molecule has 2 rings (SSSR count). The first-order valence-corrected chi connectivity index (χ1v) is 8.21. The highest BCUT2D eigenvalue weighted by molar-refractivity contribution is 9.11. The van der Waals surface area contributed by atoms with E-state index in [0.717, 1.165) is 8.66 Å². The molecule has 0 saturated carbocycles. The molecule has 2 N–H and O–H groups in total. The third-order valence-corrected chi connectivity index (χ3v) is 5.01. The number of halogens is 1. The van der Waals surface area contributed by atoms with E-state index in [9.17, 15) is 15.0 Å². The SMILES string of the molecule is CCN(Cc1ccc(Br)s1)C(=O)CN1C[C@@H](O)[C@@H](O)C1. The number of likely N-dealkylation sites (N-methyl/N-ethyl adjacent to an activating group) is 1. The molecule has 112 valence electrons. The molecule has 7 heteroatoms. The summed E-state index contributed by atoms with van der Waals surface area (Å²) >= 11 is 5.04. The normalized spacial score (nSPS) is 23.2. The van der Waals surface area contributed by atoms with Gasteiger partial charge in [-0.05, 0) is 35.0 Å². The first-order chi connectivity index (χ1) is 9.49. The molecule has 1 fully saturated rings. The number of rotatable bonds is 5. The van der Waals surface area contributed by atoms with E-state index in [1.165, 1.54) is 0 Å². The van der Waals surface area contributed by atoms with Gasteiger partial charge in [-0.1, -0.05) is 0 Å². The molecule has 0 aliphatic carbocycles. The molecule has 1 aliphatic heterocycles. The number of likely N-dealkylation sites (tertiary alicyclic amines) is 1. The predicted molar refractivity (Wildman–Crippen MR) is 81.6 cm³/mol. The average molecular weight is 363 g/mol. The zero-order valence-corrected chi connectivity index (χ0v) is 13.7. The number of carbonyl (C=O) groups excluding carboxylic acids is 1. The fourth-order valence-electron chi connectivity index (χ4n) is 2.27. The highest BCUT2D eigenvalue weighted by Gasteiger charge is 2.31. The van der Waals surface area contributed by atoms with Crippen LogP contribution in [0.4, 0.5) is 0 Å². The standard InChI is InChI=1S/C13H19BrN2O3S/c1-2-16(5-9-3-4-12(14)20-9)13(19)8-15-6-10(17)11(18)7-15/h3-4,10-11,17-18H,2,5-8H2,1H3/t10-,11+. The lowest BCUT2D eigenvalue weighted by atomic mass is 10.3. The maximum Gasteiger partial charge on any atom is 0.237 e. The van der Waals surface area contributed by atoms with Crippen molar-refractivity contribution in [2.24, 2.45) is 0 Å². The Balaban J connectivity index is 1.89. The number of β-amino-alcohol motifs (C(OH)–C–C–N with tert-alkyl or cyclic N) is 2. The van der Waals surface area contributed by atoms with E-state index in [1.54, 1.807) is 21.1 Å². The van der Waals surface area contributed by atoms with Gasteiger partial charge < -0.3 is 15.1 Å². The minimum atomic E-state index is -0.744. The molecule has 1 aromatic heterocycles. The van der Waals surface area contributed by atoms with Crippen LogP contribution in [0.15, 0.2) is 15.9 Å². The number of carbonyl (C=O) groups is 1. The summed E-state index contributed by atoms with van der Waals surface area (Å²) in [4.78, 5) is 17.0. The molecule has 1 amide bonds. The number of aliphatic hydroxyl groups excluding tert-OH is 2. The summed E-state index contributed by atoms with van der Waals surface area (Å²) in [6, 6.07) is 3.99. The molecule has 0 spiro atoms. The van der Waals surface area contributed by atoms with Gasteiger partial charge in [0.15, 0.2) is 0 Å². The third kappa shape index (κ3) is 4.02. The van der Waals surface area contributed by atoms with Crippen LogP contribution in [0.3, 0.4) is 0 Å². The summed E-state index contributed by atoms with van der Waals surface area (Å²) in [5.41, 5.74) is 0. The summed E-state index contributed by atoms with van der Waals surface area (Å²) in [5, 5.41) is 19.0. The molecule has 20 heavy (non-hydrogen) atoms. The number of hydrogen-bond donors (Lipinski definition) is 2. The van der Waals surface area contributed by atoms with Crippen LogP contribution in [0.2, 0.25) is 0 Å². The fraction of sp³-hybridized carbons (Fsp3) is 0.615. The van der Waals surface area contributed by atoms with Crippen molar-refractivity contribution in [2.75, 3.05) is 26.2 Å². The summed E-state index contributed by atoms with van der Waals surface area (Å²) in [6.45, 7) is 4.16. The number of aliphatic hydroxyl groups is 2. The Bertz CT molecular complexity index is 458. The van der Waals surface area contributed by atoms with E-state index >= 15 is 0 Å². The van der Waals surface area contributed by atoms with Crippen LogP contribution in [-0.4, -0.2) is 64.3 Å². The molecule has 1 aliphatic rings. The molecule has 0 bridgehead atoms. The van der Waals surface area contributed by atoms with Crippen molar-refractivity contribution in [3.63, 3.8) is 0 Å². The van der Waals surface area contributed by atoms with Gasteiger partial charge in [0.2, 0.25) is 5.91 Å². The van der Waals surface area contributed by atoms with Gasteiger partial charge in [0.1, 0.15) is 0 Å². The van der Waals surface area contributed by atoms with E-state index < -0.39 is 12.2 Å². The zero-order chi connectivity index (χ0) is 14.7. The summed E-state index contributed by atoms with van der Waals surface area (Å²) in [7, 11) is 0. The molecule has 1 saturated heterocycles. The highest BCUT2D eigenvalue weighted by atomic mass is 79.9. The Morgan fingerprint density at radius 2 is 2.10 bits per heavy atom. The van der Waals surface area contributed by atoms with E-state index in [2.05, 4.69) is 15.9 Å². The van der Waals surface area contributed by atoms with Crippen LogP contribution >= 0.6 is 27.3 Å². The second-order valence-electron chi connectivity index (χ2n) is 4.94. The van der Waals surface area contributed by atoms with Crippen LogP contribution in [0.5, 0.6) is 0 Å². The van der Waals surface area contributed by atoms with Crippen molar-refractivity contribution < 1.29 is 15.0 Å². The van der Waals surface area contributed by atoms with Gasteiger partial charge in [-0.15, -0.1) is 11.3 Å². The quantitative estimate of drug-likeness (QED) is 0.816. The van der Waals surface area contributed by atoms with Gasteiger partial charge in [-0.3, -0.25) is 9.69 Å². The number of thiophene rings is 1. The van der Waals surface area contributed by atoms with E-state index in [0.29, 0.717) is 26.2 Å². The van der Waals surface area contributed by atoms with Gasteiger partial charge in [0.05, 0.1) is 29.1 Å². The first-order valence-electron chi connectivity index (χ1n) is 6.60. The lowest BCUT2D eigenvalue weighted by Crippen LogP contribution is -2.39. The molecule has 0 aromatic carbocycles. The summed E-state index contributed by atoms with van der Waals surface area (Å²) in [6.07, 6.45) is -1.49. The van der Waals surface area contributed by atoms with Crippen molar-refractivity contribution in [1.82, 2.24) is 9.80 Å². The second-order valence-corrected chi connectivity index (χ2v) is 7.49. The van der Waals surface area contributed by atoms with Gasteiger partial charge in [-0.25, -0.2) is 0 Å². The second kappa shape index (κ2) is 7.00. The van der Waals surface area contributed by atoms with Gasteiger partial charge in [0.25, 0.3) is 0 Å². The van der Waals surface area contributed by atoms with Crippen molar-refractivity contribution in [2.45, 2.75) is 25.7 Å². The zero-order valence-electron chi connectivity index (χ0n) is 11.3. The van der Waals surface area contributed by atoms with Crippen molar-refractivity contribution >= 4 is 33.2 Å². The molecule has 2 heterocycles. The predicted octanol–water partition coefficient (Wildman–Crippen LogP) is 0.896. The van der Waals surface area contributed by atoms with E-state index in [4.69, 9.17) is 0 Å². The largest absolute Gasteiger partial charge is 0.389 e. The number of nitrogens with zero attached hydrogens (tertiary/aromatic N) is 2. The van der Waals surface area contributed by atoms with E-state index in [-0.39, 0.29) is 12.5 Å². The molecule has 5 nitrogen and oxygen atoms in total. The van der Waals surface area contributed by atoms with Crippen molar-refractivity contribution in [1.29, 1.82) is 0 Å². The lowest BCUT2D eigenvalue weighted by molar-refractivity contribution is -0.132. The van der Waals surface area contributed by atoms with Crippen LogP contribution in [0.25, 0.3) is 0 Å². The minimum Gasteiger partial charge on any atom is -0.389 e. The molecule has 1 aromatic rings. The Morgan fingerprint density at radius 1 is 1.45 bits per heavy atom. The van der Waals surface area contributed by atoms with Crippen LogP contribution in [0, 0.1) is 0 Å². The smallest absolute Gasteiger partial charge is 0.237 e. The Labute approximate surface area is 130 Å². The molecular weight excluding hydrogens is 344 g/mol. The highest BCUT2D eigenvalue weighted by Crippen LogP contribution is 2.23. The summed E-state index contributed by atoms with van der Waals surface area (Å²) in [5.74, 6) is 0.0262. The van der Waals surface area contributed by atoms with Crippen LogP contribution < -0.4 is 0 Å². The third-order valence-electron chi connectivity index (χ3n) is 3.40. The maximum atomic E-state index is 12.3. The average Bonchev–Trinajstić information content (AvgIpc) is 2.93. The maximum absolute atomic E-state index is 12.3. The van der Waals surface area contributed by atoms with Crippen molar-refractivity contribution in [3.05, 3.63) is 20.8 Å². The molecule has 2 atom stereocenters. The number of amides is 1. The molecular formula is C13H19BrN2O3S. The Hall–Kier alpha value is -0.470. The first kappa shape index (κ1) is 15.9. The van der Waals surface area contributed by atoms with Gasteiger partial charge in [-0.2, -0.15) is 0 Å².